The molecule has 8 rings (SSSR count). The first-order valence-electron chi connectivity index (χ1n) is 18.9. The molecule has 2 aromatic carbocycles. The van der Waals surface area contributed by atoms with Gasteiger partial charge in [-0.15, -0.1) is 0 Å². The van der Waals surface area contributed by atoms with Crippen LogP contribution in [0.1, 0.15) is 83.0 Å². The summed E-state index contributed by atoms with van der Waals surface area (Å²) in [5, 5.41) is 26.2. The number of aliphatic carboxylic acids is 1. The van der Waals surface area contributed by atoms with Gasteiger partial charge in [0.15, 0.2) is 11.6 Å². The van der Waals surface area contributed by atoms with Gasteiger partial charge >= 0.3 is 5.97 Å². The van der Waals surface area contributed by atoms with Gasteiger partial charge in [0.05, 0.1) is 44.3 Å². The van der Waals surface area contributed by atoms with Gasteiger partial charge in [0.1, 0.15) is 0 Å². The molecule has 15 heteroatoms. The Labute approximate surface area is 329 Å². The number of carbonyl (C=O) groups is 3. The lowest BCUT2D eigenvalue weighted by Gasteiger charge is -2.35. The maximum atomic E-state index is 13.7. The van der Waals surface area contributed by atoms with Crippen molar-refractivity contribution in [3.8, 4) is 11.1 Å². The Morgan fingerprint density at radius 3 is 1.76 bits per heavy atom. The maximum Gasteiger partial charge on any atom is 0.309 e. The molecule has 290 valence electrons. The summed E-state index contributed by atoms with van der Waals surface area (Å²) >= 11 is 13.9. The van der Waals surface area contributed by atoms with Crippen LogP contribution in [0.2, 0.25) is 10.0 Å². The average Bonchev–Trinajstić information content (AvgIpc) is 3.90. The molecule has 1 atom stereocenters. The number of nitrogens with zero attached hydrogens (tertiary/aromatic N) is 6. The van der Waals surface area contributed by atoms with E-state index in [0.717, 1.165) is 87.4 Å². The van der Waals surface area contributed by atoms with E-state index < -0.39 is 29.3 Å². The van der Waals surface area contributed by atoms with Gasteiger partial charge in [-0.05, 0) is 56.6 Å². The fourth-order valence-corrected chi connectivity index (χ4v) is 10.1. The van der Waals surface area contributed by atoms with Gasteiger partial charge < -0.3 is 30.0 Å². The molecule has 0 spiro atoms. The number of aliphatic hydroxyl groups is 1. The van der Waals surface area contributed by atoms with Crippen molar-refractivity contribution in [2.45, 2.75) is 71.1 Å². The van der Waals surface area contributed by atoms with Crippen molar-refractivity contribution in [3.05, 3.63) is 80.9 Å². The van der Waals surface area contributed by atoms with Crippen LogP contribution >= 0.6 is 23.2 Å². The van der Waals surface area contributed by atoms with Crippen molar-refractivity contribution in [1.82, 2.24) is 28.9 Å². The smallest absolute Gasteiger partial charge is 0.309 e. The standard InChI is InChI=1S/C40H46Cl2N8O5/c1-23(51)18-49-16-10-30-28(19-49)43-34(47(30)2)36(52)45-26-8-4-6-24(32(26)41)25-7-5-9-27(33(25)42)46-37(53)35-44-29-20-50(17-11-31(29)48(35)3)22-39-12-14-40(21-39,15-13-39)38(54)55/h4-9,23,51H,10-22H2,1-3H3,(H,45,52)(H,46,53)(H,54,55)/t23-,39?,40?/m0/s1. The number of carboxylic acids is 1. The first-order valence-corrected chi connectivity index (χ1v) is 19.7. The van der Waals surface area contributed by atoms with E-state index in [-0.39, 0.29) is 27.1 Å². The van der Waals surface area contributed by atoms with E-state index in [9.17, 15) is 24.6 Å². The van der Waals surface area contributed by atoms with Crippen LogP contribution in [0, 0.1) is 10.8 Å². The topological polar surface area (TPSA) is 158 Å². The zero-order chi connectivity index (χ0) is 38.8. The highest BCUT2D eigenvalue weighted by Gasteiger charge is 2.58. The summed E-state index contributed by atoms with van der Waals surface area (Å²) in [7, 11) is 3.69. The molecule has 0 radical (unpaired) electrons. The van der Waals surface area contributed by atoms with Gasteiger partial charge in [-0.2, -0.15) is 0 Å². The number of benzene rings is 2. The highest BCUT2D eigenvalue weighted by Crippen LogP contribution is 2.62. The number of nitrogens with one attached hydrogen (secondary N) is 2. The maximum absolute atomic E-state index is 13.7. The fraction of sp³-hybridized carbons (Fsp3) is 0.475. The Morgan fingerprint density at radius 1 is 0.800 bits per heavy atom. The monoisotopic (exact) mass is 788 g/mol. The predicted octanol–water partition coefficient (Wildman–Crippen LogP) is 5.76. The van der Waals surface area contributed by atoms with Crippen molar-refractivity contribution >= 4 is 52.4 Å². The van der Waals surface area contributed by atoms with Crippen LogP contribution in [0.4, 0.5) is 11.4 Å². The van der Waals surface area contributed by atoms with Crippen molar-refractivity contribution in [3.63, 3.8) is 0 Å². The largest absolute Gasteiger partial charge is 0.481 e. The number of fused-ring (bicyclic) bond motifs is 4. The molecule has 0 saturated heterocycles. The Balaban J connectivity index is 0.959. The number of rotatable bonds is 10. The van der Waals surface area contributed by atoms with Crippen LogP contribution < -0.4 is 10.6 Å². The zero-order valence-corrected chi connectivity index (χ0v) is 32.8. The van der Waals surface area contributed by atoms with Crippen molar-refractivity contribution in [2.75, 3.05) is 36.8 Å². The average molecular weight is 790 g/mol. The summed E-state index contributed by atoms with van der Waals surface area (Å²) in [5.41, 5.74) is 5.12. The SMILES string of the molecule is C[C@H](O)CN1CCc2c(nc(C(=O)Nc3cccc(-c4cccc(NC(=O)c5nc6c(n5C)CCN(CC57CCC(C(=O)O)(CC5)C7)C6)c4Cl)c3Cl)n2C)C1. The van der Waals surface area contributed by atoms with Gasteiger partial charge in [0.25, 0.3) is 11.8 Å². The zero-order valence-electron chi connectivity index (χ0n) is 31.3. The Hall–Kier alpha value is -4.27. The van der Waals surface area contributed by atoms with Crippen LogP contribution in [0.25, 0.3) is 11.1 Å². The fourth-order valence-electron chi connectivity index (χ4n) is 9.57. The number of hydrogen-bond acceptors (Lipinski definition) is 8. The molecule has 2 amide bonds. The second-order valence-electron chi connectivity index (χ2n) is 16.1. The second kappa shape index (κ2) is 14.3. The number of β-amino-alcohol motifs (C(OH)–C–C–N with tert-alkyl or cyclic N) is 1. The lowest BCUT2D eigenvalue weighted by molar-refractivity contribution is -0.148. The molecule has 2 fully saturated rings. The molecular formula is C40H46Cl2N8O5. The molecule has 4 aliphatic rings. The summed E-state index contributed by atoms with van der Waals surface area (Å²) in [4.78, 5) is 53.2. The van der Waals surface area contributed by atoms with E-state index in [1.807, 2.05) is 23.2 Å². The third kappa shape index (κ3) is 6.84. The normalized spacial score (nSPS) is 22.7. The van der Waals surface area contributed by atoms with Crippen LogP contribution in [0.5, 0.6) is 0 Å². The second-order valence-corrected chi connectivity index (χ2v) is 16.8. The van der Waals surface area contributed by atoms with Gasteiger partial charge in [-0.3, -0.25) is 24.2 Å². The predicted molar refractivity (Wildman–Crippen MR) is 209 cm³/mol. The molecule has 2 saturated carbocycles. The molecule has 55 heavy (non-hydrogen) atoms. The summed E-state index contributed by atoms with van der Waals surface area (Å²) in [6.45, 7) is 5.93. The van der Waals surface area contributed by atoms with Gasteiger partial charge in [0, 0.05) is 88.7 Å². The van der Waals surface area contributed by atoms with E-state index in [0.29, 0.717) is 42.1 Å². The number of carboxylic acid groups (broad SMARTS) is 1. The molecule has 2 aromatic heterocycles. The van der Waals surface area contributed by atoms with Crippen LogP contribution in [-0.4, -0.2) is 89.2 Å². The molecule has 4 N–H and O–H groups in total. The molecule has 4 heterocycles. The van der Waals surface area contributed by atoms with Crippen molar-refractivity contribution in [1.29, 1.82) is 0 Å². The molecule has 2 aliphatic carbocycles. The number of aromatic nitrogens is 4. The van der Waals surface area contributed by atoms with E-state index >= 15 is 0 Å². The molecule has 2 aliphatic heterocycles. The molecule has 13 nitrogen and oxygen atoms in total. The number of anilines is 2. The van der Waals surface area contributed by atoms with Crippen molar-refractivity contribution < 1.29 is 24.6 Å². The minimum atomic E-state index is -0.651. The third-order valence-corrected chi connectivity index (χ3v) is 13.2. The number of halogens is 2. The number of aliphatic hydroxyl groups excluding tert-OH is 1. The molecule has 4 aromatic rings. The molecule has 0 unspecified atom stereocenters. The van der Waals surface area contributed by atoms with E-state index in [1.165, 1.54) is 0 Å². The quantitative estimate of drug-likeness (QED) is 0.157. The van der Waals surface area contributed by atoms with Crippen LogP contribution in [0.3, 0.4) is 0 Å². The van der Waals surface area contributed by atoms with Gasteiger partial charge in [-0.25, -0.2) is 9.97 Å². The Kier molecular flexibility index (Phi) is 9.82. The highest BCUT2D eigenvalue weighted by atomic mass is 35.5. The van der Waals surface area contributed by atoms with Gasteiger partial charge in [-0.1, -0.05) is 47.5 Å². The van der Waals surface area contributed by atoms with E-state index in [2.05, 4.69) is 25.4 Å². The highest BCUT2D eigenvalue weighted by molar-refractivity contribution is 6.40. The lowest BCUT2D eigenvalue weighted by atomic mass is 9.81. The number of imidazole rings is 2. The molecular weight excluding hydrogens is 743 g/mol. The summed E-state index contributed by atoms with van der Waals surface area (Å²) in [6.07, 6.45) is 5.17. The third-order valence-electron chi connectivity index (χ3n) is 12.4. The first kappa shape index (κ1) is 37.6. The first-order chi connectivity index (χ1) is 26.3. The Morgan fingerprint density at radius 2 is 1.29 bits per heavy atom. The summed E-state index contributed by atoms with van der Waals surface area (Å²) in [5.74, 6) is -0.888. The van der Waals surface area contributed by atoms with Crippen LogP contribution in [-0.2, 0) is 44.8 Å². The van der Waals surface area contributed by atoms with Crippen LogP contribution in [0.15, 0.2) is 36.4 Å². The summed E-state index contributed by atoms with van der Waals surface area (Å²) in [6, 6.07) is 10.6. The minimum absolute atomic E-state index is 0.0442. The van der Waals surface area contributed by atoms with E-state index in [4.69, 9.17) is 28.2 Å². The number of amides is 2. The van der Waals surface area contributed by atoms with Crippen molar-refractivity contribution in [2.24, 2.45) is 24.9 Å². The Bertz CT molecular complexity index is 2200. The summed E-state index contributed by atoms with van der Waals surface area (Å²) < 4.78 is 3.67. The van der Waals surface area contributed by atoms with E-state index in [1.54, 1.807) is 43.3 Å². The van der Waals surface area contributed by atoms with Gasteiger partial charge in [0.2, 0.25) is 0 Å². The number of carbonyl (C=O) groups excluding carboxylic acids is 2. The lowest BCUT2D eigenvalue weighted by Crippen LogP contribution is -2.39. The minimum Gasteiger partial charge on any atom is -0.481 e. The number of hydrogen-bond donors (Lipinski definition) is 4. The molecule has 2 bridgehead atoms.